The summed E-state index contributed by atoms with van der Waals surface area (Å²) in [5, 5.41) is 11.1. The molecule has 2 aromatic carbocycles. The maximum atomic E-state index is 13.5. The molecule has 0 aliphatic carbocycles. The fourth-order valence-electron chi connectivity index (χ4n) is 3.78. The minimum absolute atomic E-state index is 0.000383. The number of carbonyl (C=O) groups is 2. The maximum absolute atomic E-state index is 13.5. The summed E-state index contributed by atoms with van der Waals surface area (Å²) >= 11 is 0. The van der Waals surface area contributed by atoms with Crippen LogP contribution in [0.2, 0.25) is 0 Å². The van der Waals surface area contributed by atoms with E-state index in [1.807, 2.05) is 32.8 Å². The van der Waals surface area contributed by atoms with Crippen LogP contribution in [-0.4, -0.2) is 59.9 Å². The summed E-state index contributed by atoms with van der Waals surface area (Å²) in [5.74, 6) is -1.46. The highest BCUT2D eigenvalue weighted by molar-refractivity contribution is 6.46. The number of hydrogen-bond donors (Lipinski definition) is 1. The molecule has 2 aromatic rings. The number of Topliss-reactive ketones (excluding diaryl/α,β-unsaturated/α-hetero) is 1. The highest BCUT2D eigenvalue weighted by Gasteiger charge is 2.45. The van der Waals surface area contributed by atoms with Crippen LogP contribution in [0.5, 0.6) is 5.75 Å². The predicted molar refractivity (Wildman–Crippen MR) is 121 cm³/mol. The van der Waals surface area contributed by atoms with Gasteiger partial charge in [0.15, 0.2) is 0 Å². The van der Waals surface area contributed by atoms with Crippen LogP contribution in [0.4, 0.5) is 4.39 Å². The first-order valence-electron chi connectivity index (χ1n) is 10.6. The standard InChI is InChI=1S/C25H29FN2O4/c1-16(2)32-20-12-8-18(9-13-20)23(29)21-22(17-6-10-19(26)11-7-17)28(25(31)24(21)30)15-5-14-27(3)4/h6-13,16,22,29H,5,14-15H2,1-4H3/b23-21-. The zero-order valence-electron chi connectivity index (χ0n) is 18.8. The Morgan fingerprint density at radius 3 is 2.28 bits per heavy atom. The second kappa shape index (κ2) is 9.96. The minimum Gasteiger partial charge on any atom is -0.507 e. The molecule has 6 nitrogen and oxygen atoms in total. The first-order chi connectivity index (χ1) is 15.2. The van der Waals surface area contributed by atoms with Gasteiger partial charge < -0.3 is 19.6 Å². The molecule has 1 saturated heterocycles. The lowest BCUT2D eigenvalue weighted by molar-refractivity contribution is -0.139. The number of halogens is 1. The van der Waals surface area contributed by atoms with E-state index in [-0.39, 0.29) is 17.4 Å². The molecule has 1 N–H and O–H groups in total. The van der Waals surface area contributed by atoms with E-state index < -0.39 is 23.5 Å². The second-order valence-corrected chi connectivity index (χ2v) is 8.39. The summed E-state index contributed by atoms with van der Waals surface area (Å²) in [6.07, 6.45) is 0.652. The van der Waals surface area contributed by atoms with Gasteiger partial charge in [0.25, 0.3) is 11.7 Å². The molecule has 1 aliphatic rings. The monoisotopic (exact) mass is 440 g/mol. The predicted octanol–water partition coefficient (Wildman–Crippen LogP) is 3.99. The van der Waals surface area contributed by atoms with Crippen molar-refractivity contribution in [2.45, 2.75) is 32.4 Å². The molecule has 1 amide bonds. The molecule has 0 radical (unpaired) electrons. The third-order valence-electron chi connectivity index (χ3n) is 5.23. The highest BCUT2D eigenvalue weighted by atomic mass is 19.1. The molecule has 170 valence electrons. The molecule has 0 saturated carbocycles. The van der Waals surface area contributed by atoms with Gasteiger partial charge in [-0.1, -0.05) is 12.1 Å². The highest BCUT2D eigenvalue weighted by Crippen LogP contribution is 2.39. The number of amides is 1. The van der Waals surface area contributed by atoms with Crippen LogP contribution < -0.4 is 4.74 Å². The molecule has 1 atom stereocenters. The summed E-state index contributed by atoms with van der Waals surface area (Å²) in [5.41, 5.74) is 0.972. The van der Waals surface area contributed by atoms with Gasteiger partial charge in [0.1, 0.15) is 17.3 Å². The number of ether oxygens (including phenoxy) is 1. The Labute approximate surface area is 187 Å². The first-order valence-corrected chi connectivity index (χ1v) is 10.6. The van der Waals surface area contributed by atoms with Crippen LogP contribution in [0.25, 0.3) is 5.76 Å². The molecule has 7 heteroatoms. The minimum atomic E-state index is -0.788. The van der Waals surface area contributed by atoms with Crippen molar-refractivity contribution in [1.82, 2.24) is 9.80 Å². The average Bonchev–Trinajstić information content (AvgIpc) is 2.99. The number of aliphatic hydroxyl groups is 1. The SMILES string of the molecule is CC(C)Oc1ccc(/C(O)=C2/C(=O)C(=O)N(CCCN(C)C)C2c2ccc(F)cc2)cc1. The molecule has 1 unspecified atom stereocenters. The Hall–Kier alpha value is -3.19. The quantitative estimate of drug-likeness (QED) is 0.382. The van der Waals surface area contributed by atoms with Crippen molar-refractivity contribution < 1.29 is 23.8 Å². The van der Waals surface area contributed by atoms with Crippen LogP contribution in [0.1, 0.15) is 37.4 Å². The Balaban J connectivity index is 2.03. The molecule has 1 fully saturated rings. The molecule has 32 heavy (non-hydrogen) atoms. The van der Waals surface area contributed by atoms with Crippen molar-refractivity contribution in [3.63, 3.8) is 0 Å². The maximum Gasteiger partial charge on any atom is 0.295 e. The summed E-state index contributed by atoms with van der Waals surface area (Å²) in [7, 11) is 3.86. The van der Waals surface area contributed by atoms with Gasteiger partial charge in [-0.25, -0.2) is 4.39 Å². The molecule has 0 aromatic heterocycles. The van der Waals surface area contributed by atoms with Gasteiger partial charge in [0, 0.05) is 12.1 Å². The lowest BCUT2D eigenvalue weighted by Crippen LogP contribution is -2.32. The van der Waals surface area contributed by atoms with Gasteiger partial charge in [-0.2, -0.15) is 0 Å². The number of benzene rings is 2. The Morgan fingerprint density at radius 1 is 1.09 bits per heavy atom. The molecular formula is C25H29FN2O4. The van der Waals surface area contributed by atoms with E-state index >= 15 is 0 Å². The fraction of sp³-hybridized carbons (Fsp3) is 0.360. The molecule has 3 rings (SSSR count). The number of ketones is 1. The molecular weight excluding hydrogens is 411 g/mol. The van der Waals surface area contributed by atoms with E-state index in [0.717, 1.165) is 6.54 Å². The van der Waals surface area contributed by atoms with Gasteiger partial charge in [0.05, 0.1) is 17.7 Å². The second-order valence-electron chi connectivity index (χ2n) is 8.39. The largest absolute Gasteiger partial charge is 0.507 e. The molecule has 1 aliphatic heterocycles. The van der Waals surface area contributed by atoms with E-state index in [1.165, 1.54) is 29.2 Å². The number of nitrogens with zero attached hydrogens (tertiary/aromatic N) is 2. The van der Waals surface area contributed by atoms with E-state index in [1.54, 1.807) is 24.3 Å². The van der Waals surface area contributed by atoms with Crippen molar-refractivity contribution in [2.24, 2.45) is 0 Å². The number of carbonyl (C=O) groups excluding carboxylic acids is 2. The zero-order chi connectivity index (χ0) is 23.4. The third kappa shape index (κ3) is 5.16. The summed E-state index contributed by atoms with van der Waals surface area (Å²) < 4.78 is 19.2. The van der Waals surface area contributed by atoms with Gasteiger partial charge in [0.2, 0.25) is 0 Å². The summed E-state index contributed by atoms with van der Waals surface area (Å²) in [6.45, 7) is 4.89. The van der Waals surface area contributed by atoms with Gasteiger partial charge in [-0.05, 0) is 82.9 Å². The van der Waals surface area contributed by atoms with E-state index in [4.69, 9.17) is 4.74 Å². The number of likely N-dealkylation sites (tertiary alicyclic amines) is 1. The fourth-order valence-corrected chi connectivity index (χ4v) is 3.78. The third-order valence-corrected chi connectivity index (χ3v) is 5.23. The zero-order valence-corrected chi connectivity index (χ0v) is 18.8. The van der Waals surface area contributed by atoms with Crippen LogP contribution in [0.15, 0.2) is 54.1 Å². The summed E-state index contributed by atoms with van der Waals surface area (Å²) in [6, 6.07) is 11.6. The van der Waals surface area contributed by atoms with Crippen LogP contribution in [-0.2, 0) is 9.59 Å². The van der Waals surface area contributed by atoms with E-state index in [2.05, 4.69) is 0 Å². The van der Waals surface area contributed by atoms with Crippen molar-refractivity contribution in [3.8, 4) is 5.75 Å². The van der Waals surface area contributed by atoms with Gasteiger partial charge >= 0.3 is 0 Å². The molecule has 1 heterocycles. The van der Waals surface area contributed by atoms with Crippen molar-refractivity contribution in [3.05, 3.63) is 71.0 Å². The Kier molecular flexibility index (Phi) is 7.30. The number of rotatable bonds is 8. The van der Waals surface area contributed by atoms with Gasteiger partial charge in [-0.15, -0.1) is 0 Å². The average molecular weight is 441 g/mol. The van der Waals surface area contributed by atoms with Crippen LogP contribution in [0.3, 0.4) is 0 Å². The first kappa shape index (κ1) is 23.5. The smallest absolute Gasteiger partial charge is 0.295 e. The van der Waals surface area contributed by atoms with Crippen molar-refractivity contribution in [1.29, 1.82) is 0 Å². The van der Waals surface area contributed by atoms with Crippen LogP contribution in [0, 0.1) is 5.82 Å². The van der Waals surface area contributed by atoms with Crippen molar-refractivity contribution >= 4 is 17.4 Å². The summed E-state index contributed by atoms with van der Waals surface area (Å²) in [4.78, 5) is 29.3. The van der Waals surface area contributed by atoms with Crippen LogP contribution >= 0.6 is 0 Å². The lowest BCUT2D eigenvalue weighted by Gasteiger charge is -2.26. The Bertz CT molecular complexity index is 998. The topological polar surface area (TPSA) is 70.1 Å². The number of aliphatic hydroxyl groups excluding tert-OH is 1. The van der Waals surface area contributed by atoms with E-state index in [9.17, 15) is 19.1 Å². The lowest BCUT2D eigenvalue weighted by atomic mass is 9.95. The molecule has 0 spiro atoms. The van der Waals surface area contributed by atoms with Gasteiger partial charge in [-0.3, -0.25) is 9.59 Å². The number of hydrogen-bond acceptors (Lipinski definition) is 5. The normalized spacial score (nSPS) is 18.1. The Morgan fingerprint density at radius 2 is 1.72 bits per heavy atom. The van der Waals surface area contributed by atoms with Crippen molar-refractivity contribution in [2.75, 3.05) is 27.2 Å². The van der Waals surface area contributed by atoms with E-state index in [0.29, 0.717) is 29.8 Å². The molecule has 0 bridgehead atoms.